The van der Waals surface area contributed by atoms with Gasteiger partial charge in [0.25, 0.3) is 0 Å². The molecule has 0 radical (unpaired) electrons. The molecule has 0 bridgehead atoms. The molecule has 1 aromatic carbocycles. The molecule has 7 heteroatoms. The van der Waals surface area contributed by atoms with Crippen LogP contribution in [0.25, 0.3) is 11.1 Å². The number of Topliss-reactive ketones (excluding diaryl/α,β-unsaturated/α-hetero) is 1. The Morgan fingerprint density at radius 3 is 2.80 bits per heavy atom. The highest BCUT2D eigenvalue weighted by molar-refractivity contribution is 6.17. The summed E-state index contributed by atoms with van der Waals surface area (Å²) >= 11 is 0. The molecule has 0 fully saturated rings. The molecule has 3 heterocycles. The predicted octanol–water partition coefficient (Wildman–Crippen LogP) is 2.81. The van der Waals surface area contributed by atoms with Crippen molar-refractivity contribution in [1.82, 2.24) is 20.3 Å². The molecule has 0 saturated carbocycles. The molecule has 2 aromatic heterocycles. The topological polar surface area (TPSA) is 88.1 Å². The third kappa shape index (κ3) is 3.84. The van der Waals surface area contributed by atoms with Gasteiger partial charge in [-0.05, 0) is 36.6 Å². The number of aromatic nitrogens is 3. The van der Waals surface area contributed by atoms with Crippen LogP contribution in [0, 0.1) is 0 Å². The highest BCUT2D eigenvalue weighted by Crippen LogP contribution is 2.34. The minimum atomic E-state index is -0.571. The molecule has 0 spiro atoms. The van der Waals surface area contributed by atoms with E-state index in [9.17, 15) is 9.59 Å². The van der Waals surface area contributed by atoms with E-state index in [2.05, 4.69) is 39.3 Å². The molecule has 152 valence electrons. The van der Waals surface area contributed by atoms with Crippen molar-refractivity contribution in [2.45, 2.75) is 32.9 Å². The number of amides is 1. The molecule has 0 saturated heterocycles. The van der Waals surface area contributed by atoms with Gasteiger partial charge in [0.05, 0.1) is 24.0 Å². The number of anilines is 1. The summed E-state index contributed by atoms with van der Waals surface area (Å²) in [6.07, 6.45) is 5.77. The van der Waals surface area contributed by atoms with Gasteiger partial charge in [0.15, 0.2) is 0 Å². The summed E-state index contributed by atoms with van der Waals surface area (Å²) < 4.78 is 0. The van der Waals surface area contributed by atoms with Crippen LogP contribution in [-0.4, -0.2) is 39.2 Å². The van der Waals surface area contributed by atoms with E-state index in [4.69, 9.17) is 0 Å². The maximum absolute atomic E-state index is 13.0. The van der Waals surface area contributed by atoms with Crippen LogP contribution in [0.1, 0.15) is 35.6 Å². The molecule has 1 atom stereocenters. The second-order valence-corrected chi connectivity index (χ2v) is 7.25. The molecule has 30 heavy (non-hydrogen) atoms. The maximum atomic E-state index is 13.0. The Bertz CT molecular complexity index is 1080. The number of nitrogens with zero attached hydrogens (tertiary/aromatic N) is 4. The lowest BCUT2D eigenvalue weighted by Gasteiger charge is -2.22. The lowest BCUT2D eigenvalue weighted by Crippen LogP contribution is -2.43. The van der Waals surface area contributed by atoms with Gasteiger partial charge in [-0.2, -0.15) is 0 Å². The zero-order valence-corrected chi connectivity index (χ0v) is 17.0. The summed E-state index contributed by atoms with van der Waals surface area (Å²) in [7, 11) is 0. The molecule has 1 aliphatic rings. The van der Waals surface area contributed by atoms with E-state index in [1.54, 1.807) is 30.3 Å². The summed E-state index contributed by atoms with van der Waals surface area (Å²) in [6.45, 7) is 4.38. The summed E-state index contributed by atoms with van der Waals surface area (Å²) in [6, 6.07) is 11.3. The number of fused-ring (bicyclic) bond motifs is 1. The number of carbonyl (C=O) groups excluding carboxylic acids is 2. The van der Waals surface area contributed by atoms with Gasteiger partial charge in [-0.3, -0.25) is 19.5 Å². The molecule has 1 aliphatic heterocycles. The largest absolute Gasteiger partial charge is 0.303 e. The molecule has 0 aliphatic carbocycles. The van der Waals surface area contributed by atoms with Crippen molar-refractivity contribution < 1.29 is 9.59 Å². The number of hydrogen-bond acceptors (Lipinski definition) is 6. The van der Waals surface area contributed by atoms with Crippen LogP contribution in [0.5, 0.6) is 0 Å². The van der Waals surface area contributed by atoms with E-state index in [1.807, 2.05) is 18.2 Å². The van der Waals surface area contributed by atoms with E-state index in [-0.39, 0.29) is 18.2 Å². The number of ketones is 1. The second kappa shape index (κ2) is 8.51. The van der Waals surface area contributed by atoms with E-state index in [1.165, 1.54) is 11.9 Å². The molecule has 1 unspecified atom stereocenters. The quantitative estimate of drug-likeness (QED) is 0.683. The average Bonchev–Trinajstić information content (AvgIpc) is 3.04. The molecule has 1 N–H and O–H groups in total. The summed E-state index contributed by atoms with van der Waals surface area (Å²) in [5.74, 6) is -0.312. The lowest BCUT2D eigenvalue weighted by atomic mass is 10.0. The van der Waals surface area contributed by atoms with E-state index < -0.39 is 6.04 Å². The van der Waals surface area contributed by atoms with E-state index in [0.717, 1.165) is 23.2 Å². The van der Waals surface area contributed by atoms with Crippen LogP contribution < -0.4 is 10.2 Å². The van der Waals surface area contributed by atoms with Gasteiger partial charge in [0, 0.05) is 24.5 Å². The van der Waals surface area contributed by atoms with Crippen LogP contribution in [0.4, 0.5) is 5.69 Å². The van der Waals surface area contributed by atoms with Crippen molar-refractivity contribution in [3.05, 3.63) is 72.1 Å². The van der Waals surface area contributed by atoms with Crippen molar-refractivity contribution in [3.8, 4) is 11.1 Å². The summed E-state index contributed by atoms with van der Waals surface area (Å²) in [5, 5.41) is 3.09. The molecule has 4 rings (SSSR count). The SMILES string of the molecule is CCc1cccc(-c2cnc3c(c2)N(C(=O)CNCc2ccncn2)C(C)C3=O)c1. The lowest BCUT2D eigenvalue weighted by molar-refractivity contribution is -0.118. The summed E-state index contributed by atoms with van der Waals surface area (Å²) in [5.41, 5.74) is 4.84. The summed E-state index contributed by atoms with van der Waals surface area (Å²) in [4.78, 5) is 39.6. The Kier molecular flexibility index (Phi) is 5.63. The first-order valence-electron chi connectivity index (χ1n) is 9.99. The van der Waals surface area contributed by atoms with Crippen LogP contribution in [0.15, 0.2) is 55.1 Å². The Morgan fingerprint density at radius 1 is 1.17 bits per heavy atom. The molecule has 1 amide bonds. The van der Waals surface area contributed by atoms with Gasteiger partial charge in [-0.25, -0.2) is 9.97 Å². The van der Waals surface area contributed by atoms with Gasteiger partial charge in [0.1, 0.15) is 12.0 Å². The zero-order valence-electron chi connectivity index (χ0n) is 17.0. The highest BCUT2D eigenvalue weighted by Gasteiger charge is 2.39. The third-order valence-corrected chi connectivity index (χ3v) is 5.29. The van der Waals surface area contributed by atoms with E-state index >= 15 is 0 Å². The fourth-order valence-corrected chi connectivity index (χ4v) is 3.63. The Balaban J connectivity index is 1.56. The molecule has 7 nitrogen and oxygen atoms in total. The number of aryl methyl sites for hydroxylation is 1. The Labute approximate surface area is 175 Å². The molecular formula is C23H23N5O2. The number of benzene rings is 1. The van der Waals surface area contributed by atoms with Crippen LogP contribution >= 0.6 is 0 Å². The first-order chi connectivity index (χ1) is 14.6. The maximum Gasteiger partial charge on any atom is 0.241 e. The normalized spacial score (nSPS) is 15.3. The minimum Gasteiger partial charge on any atom is -0.303 e. The fraction of sp³-hybridized carbons (Fsp3) is 0.261. The molecular weight excluding hydrogens is 378 g/mol. The third-order valence-electron chi connectivity index (χ3n) is 5.29. The zero-order chi connectivity index (χ0) is 21.1. The standard InChI is InChI=1S/C23H23N5O2/c1-3-16-5-4-6-17(9-16)18-10-20-22(26-11-18)23(30)15(2)28(20)21(29)13-25-12-19-7-8-24-14-27-19/h4-11,14-15,25H,3,12-13H2,1-2H3. The fourth-order valence-electron chi connectivity index (χ4n) is 3.63. The Hall–Kier alpha value is -3.45. The van der Waals surface area contributed by atoms with Crippen molar-refractivity contribution in [1.29, 1.82) is 0 Å². The van der Waals surface area contributed by atoms with Gasteiger partial charge in [-0.1, -0.05) is 31.2 Å². The van der Waals surface area contributed by atoms with Crippen molar-refractivity contribution >= 4 is 17.4 Å². The van der Waals surface area contributed by atoms with Crippen LogP contribution in [-0.2, 0) is 17.8 Å². The smallest absolute Gasteiger partial charge is 0.241 e. The van der Waals surface area contributed by atoms with Crippen molar-refractivity contribution in [2.75, 3.05) is 11.4 Å². The van der Waals surface area contributed by atoms with Crippen LogP contribution in [0.2, 0.25) is 0 Å². The Morgan fingerprint density at radius 2 is 2.03 bits per heavy atom. The van der Waals surface area contributed by atoms with Crippen molar-refractivity contribution in [2.24, 2.45) is 0 Å². The second-order valence-electron chi connectivity index (χ2n) is 7.25. The average molecular weight is 401 g/mol. The molecule has 3 aromatic rings. The number of nitrogens with one attached hydrogen (secondary N) is 1. The predicted molar refractivity (Wildman–Crippen MR) is 114 cm³/mol. The van der Waals surface area contributed by atoms with Gasteiger partial charge < -0.3 is 5.32 Å². The van der Waals surface area contributed by atoms with Crippen molar-refractivity contribution in [3.63, 3.8) is 0 Å². The van der Waals surface area contributed by atoms with Gasteiger partial charge >= 0.3 is 0 Å². The first kappa shape index (κ1) is 19.8. The highest BCUT2D eigenvalue weighted by atomic mass is 16.2. The van der Waals surface area contributed by atoms with E-state index in [0.29, 0.717) is 17.9 Å². The monoisotopic (exact) mass is 401 g/mol. The number of carbonyl (C=O) groups is 2. The van der Waals surface area contributed by atoms with Gasteiger partial charge in [-0.15, -0.1) is 0 Å². The first-order valence-corrected chi connectivity index (χ1v) is 9.99. The van der Waals surface area contributed by atoms with Gasteiger partial charge in [0.2, 0.25) is 11.7 Å². The minimum absolute atomic E-state index is 0.0939. The number of hydrogen-bond donors (Lipinski definition) is 1. The van der Waals surface area contributed by atoms with Crippen LogP contribution in [0.3, 0.4) is 0 Å². The number of pyridine rings is 1. The number of rotatable bonds is 6.